The minimum atomic E-state index is -1.34. The van der Waals surface area contributed by atoms with Gasteiger partial charge in [0.05, 0.1) is 18.5 Å². The standard InChI is InChI=1S/C5H6O4/c6-4(7)3-1-2-9-5(3)8/h3H,1-2H2,(H,6,7)/p-1. The molecule has 1 unspecified atom stereocenters. The zero-order valence-corrected chi connectivity index (χ0v) is 4.62. The highest BCUT2D eigenvalue weighted by atomic mass is 16.5. The van der Waals surface area contributed by atoms with E-state index in [1.54, 1.807) is 0 Å². The summed E-state index contributed by atoms with van der Waals surface area (Å²) >= 11 is 0. The summed E-state index contributed by atoms with van der Waals surface area (Å²) < 4.78 is 4.37. The van der Waals surface area contributed by atoms with Crippen molar-refractivity contribution in [1.29, 1.82) is 0 Å². The topological polar surface area (TPSA) is 66.4 Å². The third-order valence-electron chi connectivity index (χ3n) is 1.22. The first-order valence-electron chi connectivity index (χ1n) is 2.59. The van der Waals surface area contributed by atoms with E-state index in [9.17, 15) is 14.7 Å². The van der Waals surface area contributed by atoms with E-state index in [1.165, 1.54) is 0 Å². The summed E-state index contributed by atoms with van der Waals surface area (Å²) in [7, 11) is 0. The van der Waals surface area contributed by atoms with Gasteiger partial charge in [0.15, 0.2) is 0 Å². The lowest BCUT2D eigenvalue weighted by Gasteiger charge is -2.03. The van der Waals surface area contributed by atoms with E-state index < -0.39 is 17.9 Å². The summed E-state index contributed by atoms with van der Waals surface area (Å²) in [5.41, 5.74) is 0. The zero-order valence-electron chi connectivity index (χ0n) is 4.62. The van der Waals surface area contributed by atoms with E-state index in [1.807, 2.05) is 0 Å². The minimum Gasteiger partial charge on any atom is -0.549 e. The molecule has 0 amide bonds. The van der Waals surface area contributed by atoms with Crippen molar-refractivity contribution in [2.45, 2.75) is 6.42 Å². The van der Waals surface area contributed by atoms with Crippen LogP contribution in [0.2, 0.25) is 0 Å². The first-order valence-corrected chi connectivity index (χ1v) is 2.59. The fraction of sp³-hybridized carbons (Fsp3) is 0.600. The highest BCUT2D eigenvalue weighted by Crippen LogP contribution is 2.12. The SMILES string of the molecule is O=C([O-])C1CCOC1=O. The van der Waals surface area contributed by atoms with E-state index in [4.69, 9.17) is 0 Å². The van der Waals surface area contributed by atoms with E-state index in [0.717, 1.165) is 0 Å². The molecular weight excluding hydrogens is 124 g/mol. The van der Waals surface area contributed by atoms with Crippen LogP contribution >= 0.6 is 0 Å². The third kappa shape index (κ3) is 1.01. The first-order chi connectivity index (χ1) is 4.22. The molecule has 9 heavy (non-hydrogen) atoms. The first kappa shape index (κ1) is 6.07. The smallest absolute Gasteiger partial charge is 0.314 e. The van der Waals surface area contributed by atoms with Gasteiger partial charge in [0, 0.05) is 6.42 Å². The van der Waals surface area contributed by atoms with Crippen LogP contribution in [0.15, 0.2) is 0 Å². The van der Waals surface area contributed by atoms with Crippen LogP contribution in [0.5, 0.6) is 0 Å². The predicted molar refractivity (Wildman–Crippen MR) is 24.1 cm³/mol. The quantitative estimate of drug-likeness (QED) is 0.312. The summed E-state index contributed by atoms with van der Waals surface area (Å²) in [4.78, 5) is 20.4. The van der Waals surface area contributed by atoms with Gasteiger partial charge < -0.3 is 14.6 Å². The van der Waals surface area contributed by atoms with E-state index in [2.05, 4.69) is 4.74 Å². The largest absolute Gasteiger partial charge is 0.549 e. The van der Waals surface area contributed by atoms with Gasteiger partial charge in [-0.2, -0.15) is 0 Å². The van der Waals surface area contributed by atoms with Gasteiger partial charge in [0.2, 0.25) is 0 Å². The lowest BCUT2D eigenvalue weighted by Crippen LogP contribution is -2.33. The number of hydrogen-bond donors (Lipinski definition) is 0. The number of hydrogen-bond acceptors (Lipinski definition) is 4. The van der Waals surface area contributed by atoms with Crippen molar-refractivity contribution in [3.05, 3.63) is 0 Å². The molecule has 0 aromatic heterocycles. The molecule has 0 bridgehead atoms. The summed E-state index contributed by atoms with van der Waals surface area (Å²) in [6.07, 6.45) is 0.251. The lowest BCUT2D eigenvalue weighted by atomic mass is 10.1. The van der Waals surface area contributed by atoms with Crippen LogP contribution in [0.1, 0.15) is 6.42 Å². The molecule has 0 saturated carbocycles. The molecular formula is C5H5O4-. The predicted octanol–water partition coefficient (Wildman–Crippen LogP) is -1.70. The molecule has 0 N–H and O–H groups in total. The van der Waals surface area contributed by atoms with Crippen molar-refractivity contribution in [2.75, 3.05) is 6.61 Å². The van der Waals surface area contributed by atoms with Crippen LogP contribution in [0, 0.1) is 5.92 Å². The van der Waals surface area contributed by atoms with Crippen LogP contribution < -0.4 is 5.11 Å². The maximum atomic E-state index is 10.4. The Morgan fingerprint density at radius 3 is 2.67 bits per heavy atom. The molecule has 0 aromatic rings. The minimum absolute atomic E-state index is 0.206. The van der Waals surface area contributed by atoms with E-state index >= 15 is 0 Å². The molecule has 4 nitrogen and oxygen atoms in total. The van der Waals surface area contributed by atoms with Crippen molar-refractivity contribution >= 4 is 11.9 Å². The molecule has 50 valence electrons. The number of carbonyl (C=O) groups excluding carboxylic acids is 2. The zero-order chi connectivity index (χ0) is 6.85. The van der Waals surface area contributed by atoms with Gasteiger partial charge in [-0.1, -0.05) is 0 Å². The number of carbonyl (C=O) groups is 2. The Morgan fingerprint density at radius 2 is 2.44 bits per heavy atom. The molecule has 1 rings (SSSR count). The Labute approximate surface area is 51.4 Å². The van der Waals surface area contributed by atoms with E-state index in [0.29, 0.717) is 0 Å². The number of rotatable bonds is 1. The second kappa shape index (κ2) is 2.05. The maximum absolute atomic E-state index is 10.4. The molecule has 0 spiro atoms. The normalized spacial score (nSPS) is 25.8. The fourth-order valence-electron chi connectivity index (χ4n) is 0.710. The fourth-order valence-corrected chi connectivity index (χ4v) is 0.710. The Morgan fingerprint density at radius 1 is 1.78 bits per heavy atom. The summed E-state index contributed by atoms with van der Waals surface area (Å²) in [5.74, 6) is -3.03. The van der Waals surface area contributed by atoms with E-state index in [-0.39, 0.29) is 13.0 Å². The van der Waals surface area contributed by atoms with Crippen molar-refractivity contribution in [3.8, 4) is 0 Å². The van der Waals surface area contributed by atoms with Gasteiger partial charge >= 0.3 is 5.97 Å². The number of carboxylic acids is 1. The summed E-state index contributed by atoms with van der Waals surface area (Å²) in [5, 5.41) is 10.0. The molecule has 0 aromatic carbocycles. The highest BCUT2D eigenvalue weighted by molar-refractivity contribution is 5.93. The number of cyclic esters (lactones) is 1. The second-order valence-electron chi connectivity index (χ2n) is 1.83. The summed E-state index contributed by atoms with van der Waals surface area (Å²) in [6.45, 7) is 0.206. The van der Waals surface area contributed by atoms with Crippen molar-refractivity contribution in [3.63, 3.8) is 0 Å². The molecule has 1 saturated heterocycles. The van der Waals surface area contributed by atoms with Gasteiger partial charge in [0.1, 0.15) is 0 Å². The molecule has 1 aliphatic heterocycles. The molecule has 1 fully saturated rings. The maximum Gasteiger partial charge on any atom is 0.314 e. The Kier molecular flexibility index (Phi) is 1.38. The lowest BCUT2D eigenvalue weighted by molar-refractivity contribution is -0.309. The monoisotopic (exact) mass is 129 g/mol. The Balaban J connectivity index is 2.60. The Hall–Kier alpha value is -1.06. The van der Waals surface area contributed by atoms with Crippen LogP contribution in [0.4, 0.5) is 0 Å². The molecule has 1 aliphatic rings. The average Bonchev–Trinajstić information content (AvgIpc) is 2.13. The number of ether oxygens (including phenoxy) is 1. The molecule has 0 aliphatic carbocycles. The second-order valence-corrected chi connectivity index (χ2v) is 1.83. The van der Waals surface area contributed by atoms with Gasteiger partial charge in [0.25, 0.3) is 0 Å². The highest BCUT2D eigenvalue weighted by Gasteiger charge is 2.27. The van der Waals surface area contributed by atoms with Gasteiger partial charge in [-0.25, -0.2) is 0 Å². The number of aliphatic carboxylic acids is 1. The van der Waals surface area contributed by atoms with Gasteiger partial charge in [-0.3, -0.25) is 4.79 Å². The van der Waals surface area contributed by atoms with Crippen LogP contribution in [0.25, 0.3) is 0 Å². The van der Waals surface area contributed by atoms with Crippen molar-refractivity contribution in [1.82, 2.24) is 0 Å². The number of carboxylic acid groups (broad SMARTS) is 1. The molecule has 1 atom stereocenters. The van der Waals surface area contributed by atoms with Gasteiger partial charge in [-0.05, 0) is 0 Å². The van der Waals surface area contributed by atoms with Gasteiger partial charge in [-0.15, -0.1) is 0 Å². The molecule has 1 heterocycles. The Bertz CT molecular complexity index is 151. The number of esters is 1. The third-order valence-corrected chi connectivity index (χ3v) is 1.22. The van der Waals surface area contributed by atoms with Crippen molar-refractivity contribution in [2.24, 2.45) is 5.92 Å². The summed E-state index contributed by atoms with van der Waals surface area (Å²) in [6, 6.07) is 0. The van der Waals surface area contributed by atoms with Crippen molar-refractivity contribution < 1.29 is 19.4 Å². The van der Waals surface area contributed by atoms with Crippen LogP contribution in [-0.2, 0) is 14.3 Å². The molecule has 4 heteroatoms. The molecule has 0 radical (unpaired) electrons. The van der Waals surface area contributed by atoms with Crippen LogP contribution in [0.3, 0.4) is 0 Å². The average molecular weight is 129 g/mol. The van der Waals surface area contributed by atoms with Crippen LogP contribution in [-0.4, -0.2) is 18.5 Å².